The van der Waals surface area contributed by atoms with Crippen LogP contribution >= 0.6 is 0 Å². The molecule has 2 fully saturated rings. The Hall–Kier alpha value is -3.52. The number of amides is 1. The van der Waals surface area contributed by atoms with Crippen molar-refractivity contribution < 1.29 is 23.5 Å². The molecular formula is C30H33F2N3O3. The summed E-state index contributed by atoms with van der Waals surface area (Å²) in [6, 6.07) is 12.8. The average molecular weight is 522 g/mol. The van der Waals surface area contributed by atoms with Crippen molar-refractivity contribution in [3.63, 3.8) is 0 Å². The molecule has 3 aromatic rings. The van der Waals surface area contributed by atoms with Crippen LogP contribution in [0.15, 0.2) is 54.7 Å². The van der Waals surface area contributed by atoms with Crippen molar-refractivity contribution in [3.8, 4) is 0 Å². The number of carboxylic acid groups (broad SMARTS) is 1. The predicted molar refractivity (Wildman–Crippen MR) is 143 cm³/mol. The second kappa shape index (κ2) is 11.1. The van der Waals surface area contributed by atoms with Gasteiger partial charge in [0.25, 0.3) is 0 Å². The molecule has 1 unspecified atom stereocenters. The quantitative estimate of drug-likeness (QED) is 0.449. The van der Waals surface area contributed by atoms with Crippen LogP contribution in [0.3, 0.4) is 0 Å². The van der Waals surface area contributed by atoms with E-state index in [2.05, 4.69) is 33.9 Å². The van der Waals surface area contributed by atoms with Gasteiger partial charge in [-0.05, 0) is 85.4 Å². The highest BCUT2D eigenvalue weighted by molar-refractivity contribution is 5.92. The number of aryl methyl sites for hydroxylation is 1. The normalized spacial score (nSPS) is 18.9. The van der Waals surface area contributed by atoms with Crippen molar-refractivity contribution in [2.75, 3.05) is 26.2 Å². The maximum Gasteiger partial charge on any atom is 0.321 e. The van der Waals surface area contributed by atoms with Crippen LogP contribution in [-0.2, 0) is 9.59 Å². The summed E-state index contributed by atoms with van der Waals surface area (Å²) in [4.78, 5) is 28.9. The minimum Gasteiger partial charge on any atom is -0.480 e. The van der Waals surface area contributed by atoms with Gasteiger partial charge in [-0.25, -0.2) is 8.78 Å². The van der Waals surface area contributed by atoms with Crippen LogP contribution in [0.4, 0.5) is 8.78 Å². The first kappa shape index (κ1) is 26.1. The van der Waals surface area contributed by atoms with Crippen molar-refractivity contribution in [1.82, 2.24) is 14.4 Å². The van der Waals surface area contributed by atoms with Gasteiger partial charge in [-0.15, -0.1) is 0 Å². The SMILES string of the molecule is Cc1cc(/C=C/C(=O)N2CCC(C(C(=O)O)N3CCC(n4ccc5ccccc54)CC3)CC2)cc(F)c1F. The van der Waals surface area contributed by atoms with E-state index in [1.54, 1.807) is 4.90 Å². The number of nitrogens with zero attached hydrogens (tertiary/aromatic N) is 3. The van der Waals surface area contributed by atoms with E-state index >= 15 is 0 Å². The summed E-state index contributed by atoms with van der Waals surface area (Å²) in [5.41, 5.74) is 1.82. The zero-order valence-corrected chi connectivity index (χ0v) is 21.5. The van der Waals surface area contributed by atoms with E-state index in [1.165, 1.54) is 36.0 Å². The number of halogens is 2. The van der Waals surface area contributed by atoms with Gasteiger partial charge in [-0.3, -0.25) is 14.5 Å². The number of rotatable bonds is 6. The van der Waals surface area contributed by atoms with Gasteiger partial charge < -0.3 is 14.6 Å². The molecule has 1 amide bonds. The minimum absolute atomic E-state index is 0.0293. The van der Waals surface area contributed by atoms with Crippen LogP contribution in [0.25, 0.3) is 17.0 Å². The van der Waals surface area contributed by atoms with E-state index in [-0.39, 0.29) is 17.4 Å². The molecule has 2 saturated heterocycles. The maximum atomic E-state index is 13.7. The van der Waals surface area contributed by atoms with Crippen LogP contribution in [0, 0.1) is 24.5 Å². The third kappa shape index (κ3) is 5.36. The molecule has 1 N–H and O–H groups in total. The Bertz CT molecular complexity index is 1330. The van der Waals surface area contributed by atoms with E-state index in [1.807, 2.05) is 12.1 Å². The maximum absolute atomic E-state index is 13.7. The van der Waals surface area contributed by atoms with E-state index in [4.69, 9.17) is 0 Å². The molecule has 8 heteroatoms. The number of hydrogen-bond donors (Lipinski definition) is 1. The number of carbonyl (C=O) groups is 2. The number of likely N-dealkylation sites (tertiary alicyclic amines) is 2. The third-order valence-electron chi connectivity index (χ3n) is 8.12. The zero-order chi connectivity index (χ0) is 26.8. The van der Waals surface area contributed by atoms with Gasteiger partial charge in [0.2, 0.25) is 5.91 Å². The van der Waals surface area contributed by atoms with Crippen LogP contribution < -0.4 is 0 Å². The highest BCUT2D eigenvalue weighted by atomic mass is 19.2. The second-order valence-corrected chi connectivity index (χ2v) is 10.5. The number of fused-ring (bicyclic) bond motifs is 1. The molecule has 0 radical (unpaired) electrons. The number of para-hydroxylation sites is 1. The number of piperidine rings is 2. The fourth-order valence-corrected chi connectivity index (χ4v) is 6.08. The van der Waals surface area contributed by atoms with Crippen molar-refractivity contribution in [2.24, 2.45) is 5.92 Å². The van der Waals surface area contributed by atoms with Gasteiger partial charge in [0, 0.05) is 50.0 Å². The topological polar surface area (TPSA) is 65.8 Å². The monoisotopic (exact) mass is 521 g/mol. The minimum atomic E-state index is -0.941. The Labute approximate surface area is 221 Å². The van der Waals surface area contributed by atoms with E-state index in [0.29, 0.717) is 37.5 Å². The van der Waals surface area contributed by atoms with Gasteiger partial charge >= 0.3 is 5.97 Å². The van der Waals surface area contributed by atoms with Gasteiger partial charge in [0.05, 0.1) is 0 Å². The molecule has 1 aromatic heterocycles. The number of aliphatic carboxylic acids is 1. The molecule has 0 spiro atoms. The summed E-state index contributed by atoms with van der Waals surface area (Å²) in [7, 11) is 0. The molecule has 2 aromatic carbocycles. The number of aromatic nitrogens is 1. The fourth-order valence-electron chi connectivity index (χ4n) is 6.08. The molecule has 5 rings (SSSR count). The van der Waals surface area contributed by atoms with Crippen molar-refractivity contribution in [1.29, 1.82) is 0 Å². The molecule has 200 valence electrons. The molecule has 0 bridgehead atoms. The van der Waals surface area contributed by atoms with Gasteiger partial charge in [-0.2, -0.15) is 0 Å². The van der Waals surface area contributed by atoms with E-state index < -0.39 is 23.6 Å². The van der Waals surface area contributed by atoms with Gasteiger partial charge in [-0.1, -0.05) is 18.2 Å². The number of carbonyl (C=O) groups excluding carboxylic acids is 1. The first-order chi connectivity index (χ1) is 18.3. The molecule has 6 nitrogen and oxygen atoms in total. The second-order valence-electron chi connectivity index (χ2n) is 10.5. The van der Waals surface area contributed by atoms with E-state index in [0.717, 1.165) is 32.0 Å². The Morgan fingerprint density at radius 1 is 1.00 bits per heavy atom. The summed E-state index contributed by atoms with van der Waals surface area (Å²) in [5.74, 6) is -2.86. The molecule has 1 atom stereocenters. The molecular weight excluding hydrogens is 488 g/mol. The lowest BCUT2D eigenvalue weighted by Crippen LogP contribution is -2.52. The highest BCUT2D eigenvalue weighted by Gasteiger charge is 2.38. The standard InChI is InChI=1S/C30H33F2N3O3/c1-20-18-21(19-25(31)28(20)32)6-7-27(36)33-13-8-23(9-14-33)29(30(37)38)34-15-11-24(12-16-34)35-17-10-22-4-2-3-5-26(22)35/h2-7,10,17-19,23-24,29H,8-9,11-16H2,1H3,(H,37,38)/b7-6+. The zero-order valence-electron chi connectivity index (χ0n) is 21.5. The van der Waals surface area contributed by atoms with Gasteiger partial charge in [0.1, 0.15) is 6.04 Å². The summed E-state index contributed by atoms with van der Waals surface area (Å²) in [5, 5.41) is 11.3. The molecule has 0 aliphatic carbocycles. The largest absolute Gasteiger partial charge is 0.480 e. The predicted octanol–water partition coefficient (Wildman–Crippen LogP) is 5.27. The Morgan fingerprint density at radius 3 is 2.39 bits per heavy atom. The Balaban J connectivity index is 1.17. The third-order valence-corrected chi connectivity index (χ3v) is 8.12. The molecule has 2 aliphatic rings. The lowest BCUT2D eigenvalue weighted by Gasteiger charge is -2.42. The number of hydrogen-bond acceptors (Lipinski definition) is 3. The molecule has 3 heterocycles. The highest BCUT2D eigenvalue weighted by Crippen LogP contribution is 2.32. The van der Waals surface area contributed by atoms with E-state index in [9.17, 15) is 23.5 Å². The molecule has 2 aliphatic heterocycles. The molecule has 0 saturated carbocycles. The average Bonchev–Trinajstić information content (AvgIpc) is 3.35. The summed E-state index contributed by atoms with van der Waals surface area (Å²) >= 11 is 0. The first-order valence-electron chi connectivity index (χ1n) is 13.3. The molecule has 38 heavy (non-hydrogen) atoms. The van der Waals surface area contributed by atoms with Crippen molar-refractivity contribution in [3.05, 3.63) is 77.5 Å². The van der Waals surface area contributed by atoms with Gasteiger partial charge in [0.15, 0.2) is 11.6 Å². The smallest absolute Gasteiger partial charge is 0.321 e. The summed E-state index contributed by atoms with van der Waals surface area (Å²) in [6.45, 7) is 3.88. The number of carboxylic acids is 1. The Kier molecular flexibility index (Phi) is 7.61. The first-order valence-corrected chi connectivity index (χ1v) is 13.3. The Morgan fingerprint density at radius 2 is 1.71 bits per heavy atom. The fraction of sp³-hybridized carbons (Fsp3) is 0.400. The van der Waals surface area contributed by atoms with Crippen molar-refractivity contribution in [2.45, 2.75) is 44.7 Å². The number of benzene rings is 2. The van der Waals surface area contributed by atoms with Crippen LogP contribution in [-0.4, -0.2) is 63.6 Å². The summed E-state index contributed by atoms with van der Waals surface area (Å²) < 4.78 is 29.5. The summed E-state index contributed by atoms with van der Waals surface area (Å²) in [6.07, 6.45) is 8.02. The lowest BCUT2D eigenvalue weighted by atomic mass is 9.87. The lowest BCUT2D eigenvalue weighted by molar-refractivity contribution is -0.147. The van der Waals surface area contributed by atoms with Crippen molar-refractivity contribution >= 4 is 28.9 Å². The van der Waals surface area contributed by atoms with Crippen LogP contribution in [0.2, 0.25) is 0 Å². The van der Waals surface area contributed by atoms with Crippen LogP contribution in [0.5, 0.6) is 0 Å². The van der Waals surface area contributed by atoms with Crippen LogP contribution in [0.1, 0.15) is 42.9 Å².